The number of hydrogen-bond donors (Lipinski definition) is 0. The van der Waals surface area contributed by atoms with Crippen LogP contribution in [0.3, 0.4) is 0 Å². The van der Waals surface area contributed by atoms with Gasteiger partial charge in [-0.25, -0.2) is 0 Å². The fourth-order valence-electron chi connectivity index (χ4n) is 2.74. The number of nitrogens with zero attached hydrogens (tertiary/aromatic N) is 1. The van der Waals surface area contributed by atoms with Gasteiger partial charge in [-0.1, -0.05) is 6.92 Å². The molecule has 2 nitrogen and oxygen atoms in total. The largest absolute Gasteiger partial charge is 0.378 e. The fraction of sp³-hybridized carbons (Fsp3) is 1.00. The monoisotopic (exact) mass is 183 g/mol. The summed E-state index contributed by atoms with van der Waals surface area (Å²) >= 11 is 0. The first-order valence-corrected chi connectivity index (χ1v) is 5.58. The molecule has 0 saturated carbocycles. The number of likely N-dealkylation sites (tertiary alicyclic amines) is 1. The van der Waals surface area contributed by atoms with E-state index in [1.54, 1.807) is 0 Å². The lowest BCUT2D eigenvalue weighted by Gasteiger charge is -2.37. The minimum atomic E-state index is 0.508. The van der Waals surface area contributed by atoms with E-state index in [0.29, 0.717) is 11.5 Å². The Balaban J connectivity index is 1.90. The molecule has 2 aliphatic rings. The third-order valence-electron chi connectivity index (χ3n) is 3.76. The Labute approximate surface area is 81.3 Å². The standard InChI is InChI=1S/C11H21NO/c1-3-12-6-4-11(5-7-12)8-10(2)13-9-11/h10H,3-9H2,1-2H3. The molecule has 2 rings (SSSR count). The van der Waals surface area contributed by atoms with Gasteiger partial charge in [0.2, 0.25) is 0 Å². The third kappa shape index (κ3) is 1.89. The molecule has 0 aromatic heterocycles. The van der Waals surface area contributed by atoms with Gasteiger partial charge < -0.3 is 9.64 Å². The van der Waals surface area contributed by atoms with Crippen molar-refractivity contribution in [2.24, 2.45) is 5.41 Å². The molecular weight excluding hydrogens is 162 g/mol. The second-order valence-electron chi connectivity index (χ2n) is 4.76. The van der Waals surface area contributed by atoms with E-state index in [1.807, 2.05) is 0 Å². The molecule has 76 valence electrons. The van der Waals surface area contributed by atoms with Crippen molar-refractivity contribution in [1.29, 1.82) is 0 Å². The van der Waals surface area contributed by atoms with Crippen molar-refractivity contribution in [2.75, 3.05) is 26.2 Å². The molecule has 0 aromatic carbocycles. The molecule has 13 heavy (non-hydrogen) atoms. The summed E-state index contributed by atoms with van der Waals surface area (Å²) in [6, 6.07) is 0. The average molecular weight is 183 g/mol. The van der Waals surface area contributed by atoms with Crippen molar-refractivity contribution in [1.82, 2.24) is 4.90 Å². The molecule has 2 heteroatoms. The van der Waals surface area contributed by atoms with Gasteiger partial charge in [0, 0.05) is 0 Å². The van der Waals surface area contributed by atoms with Crippen LogP contribution in [0.2, 0.25) is 0 Å². The van der Waals surface area contributed by atoms with E-state index in [2.05, 4.69) is 18.7 Å². The highest BCUT2D eigenvalue weighted by Crippen LogP contribution is 2.41. The molecule has 0 bridgehead atoms. The van der Waals surface area contributed by atoms with E-state index in [-0.39, 0.29) is 0 Å². The van der Waals surface area contributed by atoms with Crippen LogP contribution in [0, 0.1) is 5.41 Å². The maximum Gasteiger partial charge on any atom is 0.0553 e. The lowest BCUT2D eigenvalue weighted by Crippen LogP contribution is -2.40. The second kappa shape index (κ2) is 3.58. The minimum Gasteiger partial charge on any atom is -0.378 e. The van der Waals surface area contributed by atoms with Gasteiger partial charge in [-0.05, 0) is 51.2 Å². The lowest BCUT2D eigenvalue weighted by molar-refractivity contribution is 0.0708. The Morgan fingerprint density at radius 1 is 1.38 bits per heavy atom. The van der Waals surface area contributed by atoms with Crippen molar-refractivity contribution >= 4 is 0 Å². The van der Waals surface area contributed by atoms with Crippen molar-refractivity contribution in [3.63, 3.8) is 0 Å². The number of piperidine rings is 1. The molecule has 2 aliphatic heterocycles. The summed E-state index contributed by atoms with van der Waals surface area (Å²) in [4.78, 5) is 2.55. The molecule has 1 unspecified atom stereocenters. The Kier molecular flexibility index (Phi) is 2.61. The number of rotatable bonds is 1. The van der Waals surface area contributed by atoms with Crippen LogP contribution >= 0.6 is 0 Å². The smallest absolute Gasteiger partial charge is 0.0553 e. The maximum atomic E-state index is 5.70. The highest BCUT2D eigenvalue weighted by molar-refractivity contribution is 4.90. The van der Waals surface area contributed by atoms with Crippen LogP contribution in [0.4, 0.5) is 0 Å². The predicted molar refractivity (Wildman–Crippen MR) is 53.8 cm³/mol. The first-order valence-electron chi connectivity index (χ1n) is 5.58. The molecule has 0 radical (unpaired) electrons. The molecule has 2 heterocycles. The third-order valence-corrected chi connectivity index (χ3v) is 3.76. The van der Waals surface area contributed by atoms with Gasteiger partial charge >= 0.3 is 0 Å². The van der Waals surface area contributed by atoms with Crippen LogP contribution in [0.15, 0.2) is 0 Å². The van der Waals surface area contributed by atoms with Crippen LogP contribution in [-0.2, 0) is 4.74 Å². The average Bonchev–Trinajstić information content (AvgIpc) is 2.49. The molecule has 2 fully saturated rings. The van der Waals surface area contributed by atoms with Crippen LogP contribution in [0.1, 0.15) is 33.1 Å². The van der Waals surface area contributed by atoms with Crippen molar-refractivity contribution in [3.05, 3.63) is 0 Å². The lowest BCUT2D eigenvalue weighted by atomic mass is 9.77. The Morgan fingerprint density at radius 3 is 2.54 bits per heavy atom. The SMILES string of the molecule is CCN1CCC2(CC1)COC(C)C2. The van der Waals surface area contributed by atoms with Crippen molar-refractivity contribution < 1.29 is 4.74 Å². The molecule has 0 aromatic rings. The van der Waals surface area contributed by atoms with Crippen molar-refractivity contribution in [3.8, 4) is 0 Å². The van der Waals surface area contributed by atoms with Gasteiger partial charge in [-0.15, -0.1) is 0 Å². The molecule has 0 amide bonds. The summed E-state index contributed by atoms with van der Waals surface area (Å²) in [7, 11) is 0. The van der Waals surface area contributed by atoms with E-state index in [1.165, 1.54) is 38.9 Å². The molecule has 1 atom stereocenters. The van der Waals surface area contributed by atoms with Gasteiger partial charge in [-0.2, -0.15) is 0 Å². The van der Waals surface area contributed by atoms with Crippen LogP contribution < -0.4 is 0 Å². The Hall–Kier alpha value is -0.0800. The maximum absolute atomic E-state index is 5.70. The van der Waals surface area contributed by atoms with Crippen LogP contribution in [0.5, 0.6) is 0 Å². The van der Waals surface area contributed by atoms with Gasteiger partial charge in [0.25, 0.3) is 0 Å². The number of ether oxygens (including phenoxy) is 1. The van der Waals surface area contributed by atoms with Gasteiger partial charge in [-0.3, -0.25) is 0 Å². The molecule has 1 spiro atoms. The van der Waals surface area contributed by atoms with Crippen LogP contribution in [-0.4, -0.2) is 37.2 Å². The summed E-state index contributed by atoms with van der Waals surface area (Å²) in [6.45, 7) is 9.27. The summed E-state index contributed by atoms with van der Waals surface area (Å²) in [5, 5.41) is 0. The Morgan fingerprint density at radius 2 is 2.08 bits per heavy atom. The van der Waals surface area contributed by atoms with E-state index in [4.69, 9.17) is 4.74 Å². The van der Waals surface area contributed by atoms with Crippen LogP contribution in [0.25, 0.3) is 0 Å². The summed E-state index contributed by atoms with van der Waals surface area (Å²) in [5.41, 5.74) is 0.561. The summed E-state index contributed by atoms with van der Waals surface area (Å²) in [5.74, 6) is 0. The molecular formula is C11H21NO. The highest BCUT2D eigenvalue weighted by atomic mass is 16.5. The van der Waals surface area contributed by atoms with Crippen molar-refractivity contribution in [2.45, 2.75) is 39.2 Å². The highest BCUT2D eigenvalue weighted by Gasteiger charge is 2.40. The van der Waals surface area contributed by atoms with E-state index in [0.717, 1.165) is 6.61 Å². The zero-order valence-corrected chi connectivity index (χ0v) is 8.88. The van der Waals surface area contributed by atoms with E-state index < -0.39 is 0 Å². The molecule has 0 aliphatic carbocycles. The summed E-state index contributed by atoms with van der Waals surface area (Å²) in [6.07, 6.45) is 4.51. The van der Waals surface area contributed by atoms with Gasteiger partial charge in [0.05, 0.1) is 12.7 Å². The normalized spacial score (nSPS) is 34.2. The molecule has 0 N–H and O–H groups in total. The first kappa shape index (κ1) is 9.47. The minimum absolute atomic E-state index is 0.508. The second-order valence-corrected chi connectivity index (χ2v) is 4.76. The fourth-order valence-corrected chi connectivity index (χ4v) is 2.74. The number of hydrogen-bond acceptors (Lipinski definition) is 2. The zero-order chi connectivity index (χ0) is 9.31. The summed E-state index contributed by atoms with van der Waals surface area (Å²) < 4.78 is 5.70. The first-order chi connectivity index (χ1) is 6.24. The van der Waals surface area contributed by atoms with E-state index in [9.17, 15) is 0 Å². The Bertz CT molecular complexity index is 173. The topological polar surface area (TPSA) is 12.5 Å². The van der Waals surface area contributed by atoms with E-state index >= 15 is 0 Å². The molecule has 2 saturated heterocycles. The van der Waals surface area contributed by atoms with Gasteiger partial charge in [0.15, 0.2) is 0 Å². The quantitative estimate of drug-likeness (QED) is 0.615. The zero-order valence-electron chi connectivity index (χ0n) is 8.88. The predicted octanol–water partition coefficient (Wildman–Crippen LogP) is 1.90. The van der Waals surface area contributed by atoms with Gasteiger partial charge in [0.1, 0.15) is 0 Å².